The molecule has 5 nitrogen and oxygen atoms in total. The first-order valence-corrected chi connectivity index (χ1v) is 6.10. The third-order valence-electron chi connectivity index (χ3n) is 1.17. The molecule has 0 aromatic carbocycles. The van der Waals surface area contributed by atoms with Crippen LogP contribution >= 0.6 is 7.60 Å². The molecule has 0 N–H and O–H groups in total. The van der Waals surface area contributed by atoms with Gasteiger partial charge in [-0.05, 0) is 20.5 Å². The van der Waals surface area contributed by atoms with Crippen LogP contribution in [-0.2, 0) is 18.3 Å². The molecule has 0 unspecified atom stereocenters. The van der Waals surface area contributed by atoms with Gasteiger partial charge in [-0.2, -0.15) is 0 Å². The molecule has 0 aliphatic heterocycles. The summed E-state index contributed by atoms with van der Waals surface area (Å²) in [5.74, 6) is 0.182. The molecule has 0 aliphatic carbocycles. The molecule has 0 heterocycles. The van der Waals surface area contributed by atoms with E-state index in [4.69, 9.17) is 9.05 Å². The smallest absolute Gasteiger partial charge is 0.613 e. The Kier molecular flexibility index (Phi) is 10.9. The molecule has 15 heavy (non-hydrogen) atoms. The van der Waals surface area contributed by atoms with E-state index in [-0.39, 0.29) is 38.7 Å². The summed E-state index contributed by atoms with van der Waals surface area (Å²) in [5, 5.41) is 11.0. The quantitative estimate of drug-likeness (QED) is 0.301. The first-order valence-electron chi connectivity index (χ1n) is 4.49. The minimum atomic E-state index is -3.40. The van der Waals surface area contributed by atoms with Gasteiger partial charge in [-0.3, -0.25) is 4.57 Å². The predicted octanol–water partition coefficient (Wildman–Crippen LogP) is -1.55. The molecular weight excluding hydrogens is 214 g/mol. The van der Waals surface area contributed by atoms with Crippen molar-refractivity contribution < 1.29 is 42.3 Å². The molecule has 0 fully saturated rings. The zero-order chi connectivity index (χ0) is 11.0. The Bertz CT molecular complexity index is 221. The molecule has 7 heteroatoms. The summed E-state index contributed by atoms with van der Waals surface area (Å²) in [7, 11) is -3.40. The molecule has 0 amide bonds. The van der Waals surface area contributed by atoms with Gasteiger partial charge < -0.3 is 18.9 Å². The minimum Gasteiger partial charge on any atom is -0.613 e. The van der Waals surface area contributed by atoms with E-state index in [9.17, 15) is 9.67 Å². The molecule has 0 spiro atoms. The van der Waals surface area contributed by atoms with E-state index < -0.39 is 13.5 Å². The van der Waals surface area contributed by atoms with Crippen LogP contribution in [0.25, 0.3) is 0 Å². The van der Waals surface area contributed by atoms with Gasteiger partial charge in [-0.25, -0.2) is 0 Å². The normalized spacial score (nSPS) is 12.1. The zero-order valence-electron chi connectivity index (χ0n) is 9.69. The van der Waals surface area contributed by atoms with Gasteiger partial charge in [-0.1, -0.05) is 6.92 Å². The number of hydrogen-bond acceptors (Lipinski definition) is 5. The van der Waals surface area contributed by atoms with Gasteiger partial charge in [-0.15, -0.1) is 0 Å². The van der Waals surface area contributed by atoms with Crippen LogP contribution in [0, 0.1) is 0 Å². The van der Waals surface area contributed by atoms with Crippen LogP contribution in [-0.4, -0.2) is 19.8 Å². The van der Waals surface area contributed by atoms with Gasteiger partial charge in [0.25, 0.3) is 0 Å². The van der Waals surface area contributed by atoms with Crippen molar-refractivity contribution in [3.8, 4) is 0 Å². The summed E-state index contributed by atoms with van der Waals surface area (Å²) in [6.45, 7) is 5.67. The molecule has 0 atom stereocenters. The Morgan fingerprint density at radius 3 is 2.00 bits per heavy atom. The topological polar surface area (TPSA) is 67.8 Å². The Labute approximate surface area is 102 Å². The summed E-state index contributed by atoms with van der Waals surface area (Å²) in [4.78, 5) is 0. The van der Waals surface area contributed by atoms with Crippen molar-refractivity contribution in [2.75, 3.05) is 19.8 Å². The summed E-state index contributed by atoms with van der Waals surface area (Å²) in [6, 6.07) is 0. The minimum absolute atomic E-state index is 0. The SMILES string of the molecule is CCOC([O-])=CP(=O)(OCC)OCC.[Li+]. The maximum atomic E-state index is 11.7. The first-order chi connectivity index (χ1) is 6.58. The van der Waals surface area contributed by atoms with E-state index in [0.29, 0.717) is 0 Å². The Morgan fingerprint density at radius 2 is 1.67 bits per heavy atom. The maximum absolute atomic E-state index is 11.7. The Morgan fingerprint density at radius 1 is 1.20 bits per heavy atom. The van der Waals surface area contributed by atoms with E-state index in [1.54, 1.807) is 20.8 Å². The fraction of sp³-hybridized carbons (Fsp3) is 0.750. The van der Waals surface area contributed by atoms with Gasteiger partial charge in [0, 0.05) is 5.82 Å². The molecule has 84 valence electrons. The van der Waals surface area contributed by atoms with Crippen molar-refractivity contribution in [1.29, 1.82) is 0 Å². The van der Waals surface area contributed by atoms with Crippen LogP contribution in [0.1, 0.15) is 20.8 Å². The van der Waals surface area contributed by atoms with Gasteiger partial charge in [0.2, 0.25) is 0 Å². The number of rotatable bonds is 7. The maximum Gasteiger partial charge on any atom is 1.00 e. The molecule has 0 aromatic rings. The van der Waals surface area contributed by atoms with Gasteiger partial charge in [0.15, 0.2) is 0 Å². The molecule has 0 aliphatic rings. The van der Waals surface area contributed by atoms with Crippen LogP contribution in [0.15, 0.2) is 11.8 Å². The summed E-state index contributed by atoms with van der Waals surface area (Å²) < 4.78 is 26.0. The molecule has 0 rings (SSSR count). The van der Waals surface area contributed by atoms with Gasteiger partial charge >= 0.3 is 26.5 Å². The van der Waals surface area contributed by atoms with Crippen molar-refractivity contribution in [2.45, 2.75) is 20.8 Å². The van der Waals surface area contributed by atoms with E-state index >= 15 is 0 Å². The molecule has 0 radical (unpaired) electrons. The van der Waals surface area contributed by atoms with E-state index in [2.05, 4.69) is 4.74 Å². The van der Waals surface area contributed by atoms with E-state index in [1.165, 1.54) is 0 Å². The standard InChI is InChI=1S/C8H17O5P.Li/c1-4-11-8(9)7-14(10,12-5-2)13-6-3;/h7,9H,4-6H2,1-3H3;/q;+1/p-1. The third-order valence-corrected chi connectivity index (χ3v) is 2.93. The largest absolute Gasteiger partial charge is 1.00 e. The van der Waals surface area contributed by atoms with E-state index in [1.807, 2.05) is 0 Å². The van der Waals surface area contributed by atoms with Crippen LogP contribution in [0.4, 0.5) is 0 Å². The van der Waals surface area contributed by atoms with Crippen LogP contribution in [0.2, 0.25) is 0 Å². The van der Waals surface area contributed by atoms with E-state index in [0.717, 1.165) is 5.82 Å². The van der Waals surface area contributed by atoms with Crippen molar-refractivity contribution >= 4 is 7.60 Å². The average Bonchev–Trinajstić information content (AvgIpc) is 2.04. The third kappa shape index (κ3) is 7.95. The Hall–Kier alpha value is 0.0874. The van der Waals surface area contributed by atoms with Gasteiger partial charge in [0.1, 0.15) is 0 Å². The number of hydrogen-bond donors (Lipinski definition) is 0. The van der Waals surface area contributed by atoms with Crippen molar-refractivity contribution in [2.24, 2.45) is 0 Å². The Balaban J connectivity index is 0. The monoisotopic (exact) mass is 230 g/mol. The van der Waals surface area contributed by atoms with Crippen molar-refractivity contribution in [3.63, 3.8) is 0 Å². The second-order valence-electron chi connectivity index (χ2n) is 2.26. The fourth-order valence-electron chi connectivity index (χ4n) is 0.780. The summed E-state index contributed by atoms with van der Waals surface area (Å²) in [6.07, 6.45) is 0. The van der Waals surface area contributed by atoms with Crippen LogP contribution < -0.4 is 24.0 Å². The van der Waals surface area contributed by atoms with Gasteiger partial charge in [0.05, 0.1) is 19.2 Å². The molecule has 0 bridgehead atoms. The first kappa shape index (κ1) is 17.5. The summed E-state index contributed by atoms with van der Waals surface area (Å²) in [5.41, 5.74) is 0. The second kappa shape index (κ2) is 9.32. The molecular formula is C8H16LiO5P. The van der Waals surface area contributed by atoms with Crippen molar-refractivity contribution in [1.82, 2.24) is 0 Å². The fourth-order valence-corrected chi connectivity index (χ4v) is 2.06. The van der Waals surface area contributed by atoms with Crippen molar-refractivity contribution in [3.05, 3.63) is 11.8 Å². The molecule has 0 saturated carbocycles. The number of ether oxygens (including phenoxy) is 1. The second-order valence-corrected chi connectivity index (χ2v) is 4.11. The average molecular weight is 230 g/mol. The predicted molar refractivity (Wildman–Crippen MR) is 50.6 cm³/mol. The zero-order valence-corrected chi connectivity index (χ0v) is 10.6. The molecule has 0 aromatic heterocycles. The van der Waals surface area contributed by atoms with Crippen LogP contribution in [0.3, 0.4) is 0 Å². The van der Waals surface area contributed by atoms with Crippen LogP contribution in [0.5, 0.6) is 0 Å². The molecule has 0 saturated heterocycles. The summed E-state index contributed by atoms with van der Waals surface area (Å²) >= 11 is 0.